The van der Waals surface area contributed by atoms with Crippen molar-refractivity contribution in [1.82, 2.24) is 9.97 Å². The largest absolute Gasteiger partial charge is 0.242 e. The molecule has 2 heterocycles. The van der Waals surface area contributed by atoms with Crippen LogP contribution in [0.5, 0.6) is 0 Å². The Kier molecular flexibility index (Phi) is 1.55. The summed E-state index contributed by atoms with van der Waals surface area (Å²) in [6.45, 7) is 1.97. The van der Waals surface area contributed by atoms with Gasteiger partial charge in [0, 0.05) is 0 Å². The highest BCUT2D eigenvalue weighted by Gasteiger charge is 2.00. The molecular formula is C7H5ClN2S. The third-order valence-electron chi connectivity index (χ3n) is 1.35. The van der Waals surface area contributed by atoms with Crippen LogP contribution in [0, 0.1) is 6.92 Å². The average molecular weight is 185 g/mol. The highest BCUT2D eigenvalue weighted by molar-refractivity contribution is 7.18. The Balaban J connectivity index is 2.82. The van der Waals surface area contributed by atoms with Gasteiger partial charge >= 0.3 is 0 Å². The van der Waals surface area contributed by atoms with Crippen LogP contribution in [0.15, 0.2) is 12.3 Å². The number of fused-ring (bicyclic) bond motifs is 1. The summed E-state index contributed by atoms with van der Waals surface area (Å²) < 4.78 is 1.10. The molecule has 0 fully saturated rings. The molecule has 0 spiro atoms. The van der Waals surface area contributed by atoms with Gasteiger partial charge in [0.15, 0.2) is 0 Å². The number of hydrogen-bond acceptors (Lipinski definition) is 3. The van der Waals surface area contributed by atoms with Gasteiger partial charge in [0.25, 0.3) is 0 Å². The second-order valence-electron chi connectivity index (χ2n) is 2.21. The van der Waals surface area contributed by atoms with E-state index in [0.717, 1.165) is 15.2 Å². The fraction of sp³-hybridized carbons (Fsp3) is 0.143. The van der Waals surface area contributed by atoms with Crippen molar-refractivity contribution >= 4 is 33.2 Å². The van der Waals surface area contributed by atoms with Crippen LogP contribution >= 0.6 is 22.9 Å². The van der Waals surface area contributed by atoms with Gasteiger partial charge in [-0.3, -0.25) is 0 Å². The molecule has 2 nitrogen and oxygen atoms in total. The van der Waals surface area contributed by atoms with Crippen LogP contribution in [-0.2, 0) is 0 Å². The molecule has 0 atom stereocenters. The van der Waals surface area contributed by atoms with Gasteiger partial charge in [-0.1, -0.05) is 11.6 Å². The van der Waals surface area contributed by atoms with Gasteiger partial charge in [0.05, 0.1) is 21.4 Å². The molecule has 0 aliphatic rings. The van der Waals surface area contributed by atoms with Crippen LogP contribution in [0.4, 0.5) is 0 Å². The van der Waals surface area contributed by atoms with E-state index >= 15 is 0 Å². The number of thiazole rings is 1. The summed E-state index contributed by atoms with van der Waals surface area (Å²) in [5.74, 6) is 0. The SMILES string of the molecule is Cc1nc2cnc(Cl)cc2s1. The molecule has 56 valence electrons. The summed E-state index contributed by atoms with van der Waals surface area (Å²) >= 11 is 7.33. The van der Waals surface area contributed by atoms with E-state index in [1.807, 2.05) is 13.0 Å². The third-order valence-corrected chi connectivity index (χ3v) is 2.49. The number of aryl methyl sites for hydroxylation is 1. The topological polar surface area (TPSA) is 25.8 Å². The summed E-state index contributed by atoms with van der Waals surface area (Å²) in [6, 6.07) is 1.83. The fourth-order valence-corrected chi connectivity index (χ4v) is 1.98. The van der Waals surface area contributed by atoms with E-state index in [1.54, 1.807) is 17.5 Å². The van der Waals surface area contributed by atoms with E-state index in [9.17, 15) is 0 Å². The van der Waals surface area contributed by atoms with Crippen molar-refractivity contribution in [2.45, 2.75) is 6.92 Å². The normalized spacial score (nSPS) is 10.7. The minimum Gasteiger partial charge on any atom is -0.242 e. The predicted molar refractivity (Wildman–Crippen MR) is 47.2 cm³/mol. The highest BCUT2D eigenvalue weighted by Crippen LogP contribution is 2.22. The van der Waals surface area contributed by atoms with Crippen LogP contribution in [0.3, 0.4) is 0 Å². The van der Waals surface area contributed by atoms with Gasteiger partial charge in [0.2, 0.25) is 0 Å². The highest BCUT2D eigenvalue weighted by atomic mass is 35.5. The van der Waals surface area contributed by atoms with Crippen LogP contribution in [-0.4, -0.2) is 9.97 Å². The molecule has 0 aliphatic carbocycles. The maximum Gasteiger partial charge on any atom is 0.130 e. The van der Waals surface area contributed by atoms with E-state index in [4.69, 9.17) is 11.6 Å². The molecule has 0 aliphatic heterocycles. The molecule has 0 radical (unpaired) electrons. The van der Waals surface area contributed by atoms with Gasteiger partial charge in [-0.15, -0.1) is 11.3 Å². The van der Waals surface area contributed by atoms with Crippen molar-refractivity contribution in [3.8, 4) is 0 Å². The van der Waals surface area contributed by atoms with E-state index in [2.05, 4.69) is 9.97 Å². The van der Waals surface area contributed by atoms with Crippen LogP contribution < -0.4 is 0 Å². The number of halogens is 1. The minimum absolute atomic E-state index is 0.529. The van der Waals surface area contributed by atoms with Gasteiger partial charge in [-0.05, 0) is 13.0 Å². The van der Waals surface area contributed by atoms with Gasteiger partial charge in [0.1, 0.15) is 5.15 Å². The van der Waals surface area contributed by atoms with Crippen LogP contribution in [0.2, 0.25) is 5.15 Å². The monoisotopic (exact) mass is 184 g/mol. The van der Waals surface area contributed by atoms with E-state index < -0.39 is 0 Å². The Bertz CT molecular complexity index is 396. The number of nitrogens with zero attached hydrogens (tertiary/aromatic N) is 2. The number of aromatic nitrogens is 2. The molecule has 0 aromatic carbocycles. The fourth-order valence-electron chi connectivity index (χ4n) is 0.923. The second-order valence-corrected chi connectivity index (χ2v) is 3.83. The van der Waals surface area contributed by atoms with Crippen molar-refractivity contribution < 1.29 is 0 Å². The predicted octanol–water partition coefficient (Wildman–Crippen LogP) is 2.65. The molecule has 0 unspecified atom stereocenters. The minimum atomic E-state index is 0.529. The molecule has 2 rings (SSSR count). The average Bonchev–Trinajstić information content (AvgIpc) is 2.27. The lowest BCUT2D eigenvalue weighted by molar-refractivity contribution is 1.30. The standard InChI is InChI=1S/C7H5ClN2S/c1-4-10-5-3-9-7(8)2-6(5)11-4/h2-3H,1H3. The molecule has 2 aromatic rings. The molecular weight excluding hydrogens is 180 g/mol. The molecule has 0 saturated carbocycles. The first-order valence-electron chi connectivity index (χ1n) is 3.14. The summed E-state index contributed by atoms with van der Waals surface area (Å²) in [7, 11) is 0. The number of rotatable bonds is 0. The van der Waals surface area contributed by atoms with Crippen molar-refractivity contribution in [3.05, 3.63) is 22.4 Å². The van der Waals surface area contributed by atoms with Crippen molar-refractivity contribution in [2.24, 2.45) is 0 Å². The lowest BCUT2D eigenvalue weighted by atomic mass is 10.4. The number of pyridine rings is 1. The lowest BCUT2D eigenvalue weighted by Crippen LogP contribution is -1.73. The maximum absolute atomic E-state index is 5.70. The summed E-state index contributed by atoms with van der Waals surface area (Å²) in [6.07, 6.45) is 1.70. The first-order valence-corrected chi connectivity index (χ1v) is 4.34. The molecule has 2 aromatic heterocycles. The Labute approximate surface area is 72.9 Å². The molecule has 11 heavy (non-hydrogen) atoms. The molecule has 0 saturated heterocycles. The van der Waals surface area contributed by atoms with Crippen molar-refractivity contribution in [3.63, 3.8) is 0 Å². The first kappa shape index (κ1) is 7.00. The van der Waals surface area contributed by atoms with Crippen LogP contribution in [0.25, 0.3) is 10.2 Å². The molecule has 4 heteroatoms. The lowest BCUT2D eigenvalue weighted by Gasteiger charge is -1.85. The smallest absolute Gasteiger partial charge is 0.130 e. The van der Waals surface area contributed by atoms with Gasteiger partial charge in [-0.25, -0.2) is 9.97 Å². The zero-order valence-corrected chi connectivity index (χ0v) is 7.41. The zero-order valence-electron chi connectivity index (χ0n) is 5.84. The van der Waals surface area contributed by atoms with Crippen molar-refractivity contribution in [1.29, 1.82) is 0 Å². The molecule has 0 amide bonds. The quantitative estimate of drug-likeness (QED) is 0.589. The van der Waals surface area contributed by atoms with Gasteiger partial charge in [-0.2, -0.15) is 0 Å². The molecule has 0 bridgehead atoms. The van der Waals surface area contributed by atoms with Gasteiger partial charge < -0.3 is 0 Å². The van der Waals surface area contributed by atoms with E-state index in [-0.39, 0.29) is 0 Å². The Morgan fingerprint density at radius 2 is 2.36 bits per heavy atom. The Morgan fingerprint density at radius 1 is 1.55 bits per heavy atom. The second kappa shape index (κ2) is 2.43. The summed E-state index contributed by atoms with van der Waals surface area (Å²) in [5.41, 5.74) is 0.928. The van der Waals surface area contributed by atoms with E-state index in [0.29, 0.717) is 5.15 Å². The Hall–Kier alpha value is -0.670. The van der Waals surface area contributed by atoms with Crippen molar-refractivity contribution in [2.75, 3.05) is 0 Å². The molecule has 0 N–H and O–H groups in total. The third kappa shape index (κ3) is 1.21. The van der Waals surface area contributed by atoms with E-state index in [1.165, 1.54) is 0 Å². The number of hydrogen-bond donors (Lipinski definition) is 0. The summed E-state index contributed by atoms with van der Waals surface area (Å²) in [5, 5.41) is 1.57. The van der Waals surface area contributed by atoms with Crippen LogP contribution in [0.1, 0.15) is 5.01 Å². The maximum atomic E-state index is 5.70. The zero-order chi connectivity index (χ0) is 7.84. The summed E-state index contributed by atoms with van der Waals surface area (Å²) in [4.78, 5) is 8.18. The first-order chi connectivity index (χ1) is 5.25. The Morgan fingerprint density at radius 3 is 3.18 bits per heavy atom.